The smallest absolute Gasteiger partial charge is 0.248 e. The molecule has 0 radical (unpaired) electrons. The molecular weight excluding hydrogens is 518 g/mol. The molecule has 4 fully saturated rings. The van der Waals surface area contributed by atoms with Crippen LogP contribution < -0.4 is 4.90 Å². The number of hydrogen-bond acceptors (Lipinski definition) is 5. The number of nitrogens with zero attached hydrogens (tertiary/aromatic N) is 3. The number of aliphatic hydroxyl groups excluding tert-OH is 1. The van der Waals surface area contributed by atoms with Gasteiger partial charge in [-0.3, -0.25) is 14.4 Å². The summed E-state index contributed by atoms with van der Waals surface area (Å²) in [5.41, 5.74) is -1.36. The highest BCUT2D eigenvalue weighted by atomic mass is 16.5. The summed E-state index contributed by atoms with van der Waals surface area (Å²) in [5.74, 6) is -2.33. The number of fused-ring (bicyclic) bond motifs is 1. The summed E-state index contributed by atoms with van der Waals surface area (Å²) in [6.07, 6.45) is 9.01. The van der Waals surface area contributed by atoms with Gasteiger partial charge in [-0.15, -0.1) is 13.2 Å². The Morgan fingerprint density at radius 2 is 1.78 bits per heavy atom. The molecule has 3 heterocycles. The minimum absolute atomic E-state index is 0.0657. The minimum atomic E-state index is -1.16. The van der Waals surface area contributed by atoms with Crippen LogP contribution in [0.1, 0.15) is 59.3 Å². The fourth-order valence-electron chi connectivity index (χ4n) is 8.23. The number of carbonyl (C=O) groups excluding carboxylic acids is 3. The molecule has 1 N–H and O–H groups in total. The van der Waals surface area contributed by atoms with Gasteiger partial charge in [0.25, 0.3) is 0 Å². The molecule has 1 aromatic carbocycles. The van der Waals surface area contributed by atoms with Crippen LogP contribution in [0.25, 0.3) is 0 Å². The number of benzene rings is 1. The molecule has 1 saturated carbocycles. The first kappa shape index (κ1) is 29.5. The second kappa shape index (κ2) is 11.4. The number of aliphatic hydroxyl groups is 1. The van der Waals surface area contributed by atoms with E-state index in [1.165, 1.54) is 0 Å². The Morgan fingerprint density at radius 3 is 2.39 bits per heavy atom. The molecule has 4 aliphatic rings. The highest BCUT2D eigenvalue weighted by Crippen LogP contribution is 2.66. The topological polar surface area (TPSA) is 90.4 Å². The lowest BCUT2D eigenvalue weighted by Crippen LogP contribution is -2.60. The van der Waals surface area contributed by atoms with Crippen molar-refractivity contribution in [2.24, 2.45) is 17.8 Å². The van der Waals surface area contributed by atoms with E-state index in [0.717, 1.165) is 37.8 Å². The van der Waals surface area contributed by atoms with Gasteiger partial charge in [-0.1, -0.05) is 56.5 Å². The van der Waals surface area contributed by atoms with Gasteiger partial charge >= 0.3 is 0 Å². The predicted molar refractivity (Wildman–Crippen MR) is 158 cm³/mol. The van der Waals surface area contributed by atoms with Gasteiger partial charge in [0.1, 0.15) is 11.6 Å². The Bertz CT molecular complexity index is 1180. The quantitative estimate of drug-likeness (QED) is 0.436. The number of carbonyl (C=O) groups is 3. The molecule has 3 saturated heterocycles. The number of rotatable bonds is 10. The first-order valence-corrected chi connectivity index (χ1v) is 15.2. The number of ether oxygens (including phenoxy) is 1. The predicted octanol–water partition coefficient (Wildman–Crippen LogP) is 3.94. The standard InChI is InChI=1S/C33H45N3O5/c1-6-18-34(24-14-10-8-11-15-24)29(38)26-27-30(39)36(23(4)21-37)28(33(27)20-22(3)32(26,5)41-33)31(40)35(19-7-2)25-16-12-9-13-17-25/h6-8,10-11,14-15,22-23,25-28,37H,1-2,9,12-13,16-21H2,3-5H3/t22?,23-,26+,27+,28?,32-,33?/m1/s1. The van der Waals surface area contributed by atoms with E-state index in [9.17, 15) is 19.5 Å². The van der Waals surface area contributed by atoms with Crippen molar-refractivity contribution in [3.63, 3.8) is 0 Å². The Kier molecular flexibility index (Phi) is 8.18. The zero-order chi connectivity index (χ0) is 29.5. The van der Waals surface area contributed by atoms with Crippen LogP contribution in [0.5, 0.6) is 0 Å². The maximum atomic E-state index is 14.7. The number of hydrogen-bond donors (Lipinski definition) is 1. The molecule has 7 atom stereocenters. The van der Waals surface area contributed by atoms with Crippen molar-refractivity contribution < 1.29 is 24.2 Å². The van der Waals surface area contributed by atoms with Gasteiger partial charge in [0.2, 0.25) is 17.7 Å². The van der Waals surface area contributed by atoms with E-state index in [1.54, 1.807) is 28.9 Å². The summed E-state index contributed by atoms with van der Waals surface area (Å²) in [6.45, 7) is 13.9. The Labute approximate surface area is 244 Å². The maximum Gasteiger partial charge on any atom is 0.248 e. The van der Waals surface area contributed by atoms with E-state index in [1.807, 2.05) is 42.2 Å². The molecule has 41 heavy (non-hydrogen) atoms. The minimum Gasteiger partial charge on any atom is -0.394 e. The first-order valence-electron chi connectivity index (χ1n) is 15.2. The second-order valence-electron chi connectivity index (χ2n) is 12.6. The van der Waals surface area contributed by atoms with E-state index in [-0.39, 0.29) is 42.8 Å². The molecule has 0 aromatic heterocycles. The summed E-state index contributed by atoms with van der Waals surface area (Å²) in [7, 11) is 0. The molecule has 222 valence electrons. The molecule has 8 heteroatoms. The van der Waals surface area contributed by atoms with Crippen molar-refractivity contribution in [3.8, 4) is 0 Å². The summed E-state index contributed by atoms with van der Waals surface area (Å²) in [6, 6.07) is 7.93. The van der Waals surface area contributed by atoms with Gasteiger partial charge in [-0.25, -0.2) is 0 Å². The normalized spacial score (nSPS) is 33.4. The van der Waals surface area contributed by atoms with E-state index in [0.29, 0.717) is 13.0 Å². The van der Waals surface area contributed by atoms with E-state index in [4.69, 9.17) is 4.74 Å². The molecular formula is C33H45N3O5. The van der Waals surface area contributed by atoms with Gasteiger partial charge in [0, 0.05) is 24.8 Å². The summed E-state index contributed by atoms with van der Waals surface area (Å²) in [5, 5.41) is 10.3. The van der Waals surface area contributed by atoms with Crippen LogP contribution in [0.15, 0.2) is 55.6 Å². The average molecular weight is 564 g/mol. The number of likely N-dealkylation sites (tertiary alicyclic amines) is 1. The Morgan fingerprint density at radius 1 is 1.12 bits per heavy atom. The van der Waals surface area contributed by atoms with Crippen molar-refractivity contribution in [1.29, 1.82) is 0 Å². The van der Waals surface area contributed by atoms with E-state index in [2.05, 4.69) is 20.1 Å². The molecule has 2 bridgehead atoms. The fourth-order valence-corrected chi connectivity index (χ4v) is 8.23. The summed E-state index contributed by atoms with van der Waals surface area (Å²) in [4.78, 5) is 48.8. The second-order valence-corrected chi connectivity index (χ2v) is 12.6. The average Bonchev–Trinajstić information content (AvgIpc) is 3.50. The lowest BCUT2D eigenvalue weighted by molar-refractivity contribution is -0.156. The third-order valence-electron chi connectivity index (χ3n) is 10.3. The van der Waals surface area contributed by atoms with E-state index < -0.39 is 35.1 Å². The van der Waals surface area contributed by atoms with E-state index >= 15 is 0 Å². The van der Waals surface area contributed by atoms with Gasteiger partial charge < -0.3 is 24.5 Å². The Hall–Kier alpha value is -2.97. The van der Waals surface area contributed by atoms with Crippen LogP contribution in [0, 0.1) is 17.8 Å². The van der Waals surface area contributed by atoms with Gasteiger partial charge in [-0.05, 0) is 51.2 Å². The van der Waals surface area contributed by atoms with Crippen molar-refractivity contribution in [2.45, 2.75) is 88.6 Å². The molecule has 1 aliphatic carbocycles. The molecule has 8 nitrogen and oxygen atoms in total. The molecule has 3 aliphatic heterocycles. The molecule has 3 amide bonds. The van der Waals surface area contributed by atoms with Gasteiger partial charge in [-0.2, -0.15) is 0 Å². The highest BCUT2D eigenvalue weighted by molar-refractivity contribution is 6.03. The van der Waals surface area contributed by atoms with Crippen LogP contribution in [-0.2, 0) is 19.1 Å². The van der Waals surface area contributed by atoms with Gasteiger partial charge in [0.15, 0.2) is 0 Å². The van der Waals surface area contributed by atoms with Crippen LogP contribution in [0.2, 0.25) is 0 Å². The summed E-state index contributed by atoms with van der Waals surface area (Å²) < 4.78 is 6.94. The monoisotopic (exact) mass is 563 g/mol. The number of amides is 3. The lowest BCUT2D eigenvalue weighted by atomic mass is 9.62. The molecule has 5 rings (SSSR count). The maximum absolute atomic E-state index is 14.7. The third kappa shape index (κ3) is 4.54. The largest absolute Gasteiger partial charge is 0.394 e. The van der Waals surface area contributed by atoms with Crippen LogP contribution >= 0.6 is 0 Å². The molecule has 1 aromatic rings. The van der Waals surface area contributed by atoms with Gasteiger partial charge in [0.05, 0.1) is 30.1 Å². The number of anilines is 1. The Balaban J connectivity index is 1.60. The molecule has 1 spiro atoms. The third-order valence-corrected chi connectivity index (χ3v) is 10.3. The van der Waals surface area contributed by atoms with Crippen molar-refractivity contribution in [3.05, 3.63) is 55.6 Å². The van der Waals surface area contributed by atoms with Crippen molar-refractivity contribution in [1.82, 2.24) is 9.80 Å². The SMILES string of the molecule is C=CCN(C(=O)[C@@H]1[C@H]2C(=O)N([C@H](C)CO)C(C(=O)N(CC=C)C3CCCCC3)C23CC(C)[C@@]1(C)O3)c1ccccc1. The van der Waals surface area contributed by atoms with Crippen molar-refractivity contribution in [2.75, 3.05) is 24.6 Å². The fraction of sp³-hybridized carbons (Fsp3) is 0.606. The van der Waals surface area contributed by atoms with Crippen LogP contribution in [-0.4, -0.2) is 81.7 Å². The summed E-state index contributed by atoms with van der Waals surface area (Å²) >= 11 is 0. The zero-order valence-electron chi connectivity index (χ0n) is 24.7. The van der Waals surface area contributed by atoms with Crippen LogP contribution in [0.3, 0.4) is 0 Å². The highest BCUT2D eigenvalue weighted by Gasteiger charge is 2.80. The lowest BCUT2D eigenvalue weighted by Gasteiger charge is -2.42. The zero-order valence-corrected chi connectivity index (χ0v) is 24.7. The van der Waals surface area contributed by atoms with Crippen molar-refractivity contribution >= 4 is 23.4 Å². The van der Waals surface area contributed by atoms with Crippen LogP contribution in [0.4, 0.5) is 5.69 Å². The molecule has 3 unspecified atom stereocenters. The number of para-hydroxylation sites is 1. The first-order chi connectivity index (χ1) is 19.7.